The summed E-state index contributed by atoms with van der Waals surface area (Å²) >= 11 is 0. The van der Waals surface area contributed by atoms with Crippen LogP contribution in [0, 0.1) is 0 Å². The van der Waals surface area contributed by atoms with Crippen LogP contribution in [0.1, 0.15) is 27.2 Å². The Morgan fingerprint density at radius 3 is 2.00 bits per heavy atom. The van der Waals surface area contributed by atoms with E-state index in [1.54, 1.807) is 0 Å². The van der Waals surface area contributed by atoms with Gasteiger partial charge in [0, 0.05) is 12.0 Å². The predicted molar refractivity (Wildman–Crippen MR) is 50.4 cm³/mol. The van der Waals surface area contributed by atoms with E-state index in [1.807, 2.05) is 0 Å². The Morgan fingerprint density at radius 2 is 1.73 bits per heavy atom. The van der Waals surface area contributed by atoms with E-state index in [9.17, 15) is 0 Å². The van der Waals surface area contributed by atoms with E-state index in [2.05, 4.69) is 34.9 Å². The number of rotatable bonds is 4. The summed E-state index contributed by atoms with van der Waals surface area (Å²) in [5, 5.41) is 0. The van der Waals surface area contributed by atoms with Crippen LogP contribution >= 0.6 is 0 Å². The fourth-order valence-corrected chi connectivity index (χ4v) is 0.749. The molecule has 0 saturated carbocycles. The monoisotopic (exact) mass is 159 g/mol. The van der Waals surface area contributed by atoms with Crippen LogP contribution in [0.5, 0.6) is 0 Å². The van der Waals surface area contributed by atoms with Gasteiger partial charge in [-0.3, -0.25) is 0 Å². The second kappa shape index (κ2) is 3.55. The Balaban J connectivity index is 3.70. The molecule has 0 saturated heterocycles. The van der Waals surface area contributed by atoms with Crippen LogP contribution < -0.4 is 5.73 Å². The first-order chi connectivity index (χ1) is 4.77. The molecule has 0 radical (unpaired) electrons. The Morgan fingerprint density at radius 1 is 1.27 bits per heavy atom. The third-order valence-corrected chi connectivity index (χ3v) is 2.22. The largest absolute Gasteiger partial charge is 0.329 e. The Hall–Kier alpha value is -0.0800. The van der Waals surface area contributed by atoms with Gasteiger partial charge in [0.1, 0.15) is 0 Å². The van der Waals surface area contributed by atoms with Gasteiger partial charge < -0.3 is 10.2 Å². The molecule has 0 aliphatic rings. The number of nitrogens with zero attached hydrogens (tertiary/aromatic N) is 1. The molecular formula is C9H23N2+. The van der Waals surface area contributed by atoms with Crippen molar-refractivity contribution in [1.29, 1.82) is 0 Å². The minimum absolute atomic E-state index is 0.00924. The van der Waals surface area contributed by atoms with E-state index in [0.717, 1.165) is 10.9 Å². The fourth-order valence-electron chi connectivity index (χ4n) is 0.749. The Labute approximate surface area is 71.0 Å². The molecule has 0 fully saturated rings. The first kappa shape index (κ1) is 10.9. The molecule has 0 unspecified atom stereocenters. The van der Waals surface area contributed by atoms with Crippen molar-refractivity contribution in [1.82, 2.24) is 0 Å². The van der Waals surface area contributed by atoms with E-state index in [0.29, 0.717) is 0 Å². The van der Waals surface area contributed by atoms with Gasteiger partial charge in [-0.1, -0.05) is 0 Å². The summed E-state index contributed by atoms with van der Waals surface area (Å²) in [6, 6.07) is 0. The molecule has 0 heterocycles. The standard InChI is InChI=1S/C9H23N2/c1-6-11(4,5)8-7-9(2,3)10/h6-8,10H2,1-5H3/q+1. The average molecular weight is 159 g/mol. The van der Waals surface area contributed by atoms with Crippen molar-refractivity contribution in [3.63, 3.8) is 0 Å². The molecule has 0 bridgehead atoms. The SMILES string of the molecule is CC[N+](C)(C)CCC(C)(C)N. The zero-order valence-corrected chi connectivity index (χ0v) is 8.65. The third-order valence-electron chi connectivity index (χ3n) is 2.22. The molecule has 0 atom stereocenters. The highest BCUT2D eigenvalue weighted by Crippen LogP contribution is 2.07. The van der Waals surface area contributed by atoms with Crippen molar-refractivity contribution in [2.24, 2.45) is 5.73 Å². The zero-order valence-electron chi connectivity index (χ0n) is 8.65. The minimum atomic E-state index is -0.00924. The lowest BCUT2D eigenvalue weighted by molar-refractivity contribution is -0.889. The predicted octanol–water partition coefficient (Wildman–Crippen LogP) is 1.21. The molecule has 2 nitrogen and oxygen atoms in total. The lowest BCUT2D eigenvalue weighted by Gasteiger charge is -2.31. The highest BCUT2D eigenvalue weighted by atomic mass is 15.3. The van der Waals surface area contributed by atoms with Gasteiger partial charge in [0.05, 0.1) is 27.2 Å². The van der Waals surface area contributed by atoms with Gasteiger partial charge in [-0.15, -0.1) is 0 Å². The summed E-state index contributed by atoms with van der Waals surface area (Å²) in [6.07, 6.45) is 1.09. The van der Waals surface area contributed by atoms with E-state index in [1.165, 1.54) is 13.1 Å². The average Bonchev–Trinajstić information content (AvgIpc) is 1.83. The molecular weight excluding hydrogens is 136 g/mol. The molecule has 68 valence electrons. The first-order valence-corrected chi connectivity index (χ1v) is 4.38. The van der Waals surface area contributed by atoms with Crippen LogP contribution in [0.25, 0.3) is 0 Å². The molecule has 0 aromatic carbocycles. The highest BCUT2D eigenvalue weighted by Gasteiger charge is 2.18. The van der Waals surface area contributed by atoms with Crippen LogP contribution in [0.3, 0.4) is 0 Å². The molecule has 2 heteroatoms. The van der Waals surface area contributed by atoms with Crippen molar-refractivity contribution in [3.05, 3.63) is 0 Å². The van der Waals surface area contributed by atoms with Crippen molar-refractivity contribution >= 4 is 0 Å². The fraction of sp³-hybridized carbons (Fsp3) is 1.00. The normalized spacial score (nSPS) is 13.6. The van der Waals surface area contributed by atoms with Crippen LogP contribution in [0.4, 0.5) is 0 Å². The van der Waals surface area contributed by atoms with Crippen molar-refractivity contribution < 1.29 is 4.48 Å². The highest BCUT2D eigenvalue weighted by molar-refractivity contribution is 4.70. The maximum absolute atomic E-state index is 5.89. The van der Waals surface area contributed by atoms with Gasteiger partial charge >= 0.3 is 0 Å². The molecule has 2 N–H and O–H groups in total. The molecule has 0 aliphatic carbocycles. The number of nitrogens with two attached hydrogens (primary N) is 1. The maximum atomic E-state index is 5.89. The summed E-state index contributed by atoms with van der Waals surface area (Å²) in [7, 11) is 4.48. The van der Waals surface area contributed by atoms with E-state index < -0.39 is 0 Å². The Kier molecular flexibility index (Phi) is 3.52. The number of quaternary nitrogens is 1. The summed E-state index contributed by atoms with van der Waals surface area (Å²) in [6.45, 7) is 8.73. The molecule has 0 spiro atoms. The quantitative estimate of drug-likeness (QED) is 0.613. The first-order valence-electron chi connectivity index (χ1n) is 4.38. The van der Waals surface area contributed by atoms with Crippen LogP contribution in [-0.2, 0) is 0 Å². The van der Waals surface area contributed by atoms with Crippen LogP contribution in [0.15, 0.2) is 0 Å². The lowest BCUT2D eigenvalue weighted by atomic mass is 10.0. The second-order valence-electron chi connectivity index (χ2n) is 4.71. The smallest absolute Gasteiger partial charge is 0.0799 e. The van der Waals surface area contributed by atoms with E-state index in [-0.39, 0.29) is 5.54 Å². The van der Waals surface area contributed by atoms with Crippen molar-refractivity contribution in [3.8, 4) is 0 Å². The van der Waals surface area contributed by atoms with Crippen molar-refractivity contribution in [2.45, 2.75) is 32.7 Å². The molecule has 0 aliphatic heterocycles. The molecule has 0 aromatic rings. The summed E-state index contributed by atoms with van der Waals surface area (Å²) in [4.78, 5) is 0. The lowest BCUT2D eigenvalue weighted by Crippen LogP contribution is -2.45. The molecule has 0 aromatic heterocycles. The third kappa shape index (κ3) is 6.32. The molecule has 0 rings (SSSR count). The maximum Gasteiger partial charge on any atom is 0.0799 e. The summed E-state index contributed by atoms with van der Waals surface area (Å²) in [5.74, 6) is 0. The molecule has 0 amide bonds. The van der Waals surface area contributed by atoms with Gasteiger partial charge in [-0.05, 0) is 20.8 Å². The van der Waals surface area contributed by atoms with Gasteiger partial charge in [0.25, 0.3) is 0 Å². The summed E-state index contributed by atoms with van der Waals surface area (Å²) < 4.78 is 1.07. The van der Waals surface area contributed by atoms with Crippen molar-refractivity contribution in [2.75, 3.05) is 27.2 Å². The van der Waals surface area contributed by atoms with Gasteiger partial charge in [0.15, 0.2) is 0 Å². The minimum Gasteiger partial charge on any atom is -0.329 e. The number of hydrogen-bond acceptors (Lipinski definition) is 1. The van der Waals surface area contributed by atoms with E-state index in [4.69, 9.17) is 5.73 Å². The molecule has 11 heavy (non-hydrogen) atoms. The van der Waals surface area contributed by atoms with E-state index >= 15 is 0 Å². The van der Waals surface area contributed by atoms with Gasteiger partial charge in [-0.2, -0.15) is 0 Å². The van der Waals surface area contributed by atoms with Crippen LogP contribution in [0.2, 0.25) is 0 Å². The number of hydrogen-bond donors (Lipinski definition) is 1. The summed E-state index contributed by atoms with van der Waals surface area (Å²) in [5.41, 5.74) is 5.88. The van der Waals surface area contributed by atoms with Gasteiger partial charge in [0.2, 0.25) is 0 Å². The topological polar surface area (TPSA) is 26.0 Å². The Bertz CT molecular complexity index is 111. The van der Waals surface area contributed by atoms with Crippen LogP contribution in [-0.4, -0.2) is 37.2 Å². The van der Waals surface area contributed by atoms with Gasteiger partial charge in [-0.25, -0.2) is 0 Å². The second-order valence-corrected chi connectivity index (χ2v) is 4.71. The zero-order chi connectivity index (χ0) is 9.12.